The fourth-order valence-corrected chi connectivity index (χ4v) is 1.88. The predicted octanol–water partition coefficient (Wildman–Crippen LogP) is 3.46. The van der Waals surface area contributed by atoms with E-state index in [1.807, 2.05) is 26.8 Å². The van der Waals surface area contributed by atoms with Gasteiger partial charge in [0.25, 0.3) is 0 Å². The predicted molar refractivity (Wildman–Crippen MR) is 78.4 cm³/mol. The molecule has 1 N–H and O–H groups in total. The highest BCUT2D eigenvalue weighted by Gasteiger charge is 2.03. The van der Waals surface area contributed by atoms with Gasteiger partial charge in [0.05, 0.1) is 5.71 Å². The van der Waals surface area contributed by atoms with Crippen molar-refractivity contribution in [3.05, 3.63) is 53.1 Å². The third kappa shape index (κ3) is 3.60. The van der Waals surface area contributed by atoms with Crippen LogP contribution in [-0.4, -0.2) is 15.7 Å². The van der Waals surface area contributed by atoms with Crippen LogP contribution in [0, 0.1) is 19.7 Å². The summed E-state index contributed by atoms with van der Waals surface area (Å²) in [7, 11) is 0. The molecule has 0 amide bonds. The smallest absolute Gasteiger partial charge is 0.243 e. The monoisotopic (exact) mass is 272 g/mol. The van der Waals surface area contributed by atoms with Crippen LogP contribution in [0.3, 0.4) is 0 Å². The molecule has 0 fully saturated rings. The molecule has 4 nitrogen and oxygen atoms in total. The number of halogens is 1. The Kier molecular flexibility index (Phi) is 4.40. The van der Waals surface area contributed by atoms with Crippen LogP contribution in [0.4, 0.5) is 10.3 Å². The number of nitrogens with zero attached hydrogens (tertiary/aromatic N) is 3. The molecule has 2 aromatic rings. The first-order valence-corrected chi connectivity index (χ1v) is 6.49. The van der Waals surface area contributed by atoms with Crippen LogP contribution in [0.25, 0.3) is 0 Å². The van der Waals surface area contributed by atoms with Crippen LogP contribution < -0.4 is 5.43 Å². The summed E-state index contributed by atoms with van der Waals surface area (Å²) in [4.78, 5) is 8.52. The first-order valence-electron chi connectivity index (χ1n) is 6.49. The number of hydrogen-bond donors (Lipinski definition) is 1. The van der Waals surface area contributed by atoms with Gasteiger partial charge < -0.3 is 0 Å². The van der Waals surface area contributed by atoms with E-state index in [2.05, 4.69) is 20.5 Å². The summed E-state index contributed by atoms with van der Waals surface area (Å²) in [5, 5.41) is 4.31. The van der Waals surface area contributed by atoms with Crippen molar-refractivity contribution in [1.29, 1.82) is 0 Å². The molecule has 20 heavy (non-hydrogen) atoms. The van der Waals surface area contributed by atoms with E-state index in [9.17, 15) is 4.39 Å². The van der Waals surface area contributed by atoms with Crippen molar-refractivity contribution in [2.45, 2.75) is 27.2 Å². The van der Waals surface area contributed by atoms with E-state index in [4.69, 9.17) is 0 Å². The Labute approximate surface area is 117 Å². The summed E-state index contributed by atoms with van der Waals surface area (Å²) in [5.74, 6) is 0.213. The van der Waals surface area contributed by atoms with Gasteiger partial charge in [0.1, 0.15) is 5.82 Å². The average Bonchev–Trinajstić information content (AvgIpc) is 2.40. The van der Waals surface area contributed by atoms with Gasteiger partial charge in [-0.25, -0.2) is 19.8 Å². The number of nitrogens with one attached hydrogen (secondary N) is 1. The van der Waals surface area contributed by atoms with Crippen LogP contribution in [0.1, 0.15) is 30.3 Å². The maximum Gasteiger partial charge on any atom is 0.243 e. The van der Waals surface area contributed by atoms with Crippen molar-refractivity contribution < 1.29 is 4.39 Å². The fraction of sp³-hybridized carbons (Fsp3) is 0.267. The van der Waals surface area contributed by atoms with Crippen LogP contribution in [0.5, 0.6) is 0 Å². The van der Waals surface area contributed by atoms with E-state index in [-0.39, 0.29) is 5.82 Å². The van der Waals surface area contributed by atoms with Gasteiger partial charge in [-0.15, -0.1) is 0 Å². The number of hydrogen-bond acceptors (Lipinski definition) is 4. The Bertz CT molecular complexity index is 600. The van der Waals surface area contributed by atoms with Crippen LogP contribution in [0.15, 0.2) is 35.4 Å². The third-order valence-electron chi connectivity index (χ3n) is 2.79. The number of aryl methyl sites for hydroxylation is 2. The first kappa shape index (κ1) is 14.1. The number of hydrazone groups is 1. The van der Waals surface area contributed by atoms with E-state index in [0.717, 1.165) is 29.1 Å². The van der Waals surface area contributed by atoms with Gasteiger partial charge in [-0.1, -0.05) is 19.1 Å². The van der Waals surface area contributed by atoms with E-state index >= 15 is 0 Å². The molecule has 0 spiro atoms. The van der Waals surface area contributed by atoms with Gasteiger partial charge >= 0.3 is 0 Å². The summed E-state index contributed by atoms with van der Waals surface area (Å²) in [6, 6.07) is 8.17. The largest absolute Gasteiger partial charge is 0.245 e. The highest BCUT2D eigenvalue weighted by Crippen LogP contribution is 2.08. The Hall–Kier alpha value is -2.30. The highest BCUT2D eigenvalue weighted by molar-refractivity contribution is 6.00. The third-order valence-corrected chi connectivity index (χ3v) is 2.79. The first-order chi connectivity index (χ1) is 9.58. The number of aromatic nitrogens is 2. The second-order valence-electron chi connectivity index (χ2n) is 4.51. The molecule has 104 valence electrons. The molecule has 1 aromatic heterocycles. The van der Waals surface area contributed by atoms with Crippen LogP contribution >= 0.6 is 0 Å². The van der Waals surface area contributed by atoms with Gasteiger partial charge in [0.15, 0.2) is 0 Å². The van der Waals surface area contributed by atoms with Gasteiger partial charge in [0, 0.05) is 11.4 Å². The van der Waals surface area contributed by atoms with Gasteiger partial charge in [-0.2, -0.15) is 5.10 Å². The fourth-order valence-electron chi connectivity index (χ4n) is 1.88. The van der Waals surface area contributed by atoms with Crippen molar-refractivity contribution >= 4 is 11.7 Å². The van der Waals surface area contributed by atoms with Crippen LogP contribution in [-0.2, 0) is 0 Å². The van der Waals surface area contributed by atoms with E-state index < -0.39 is 0 Å². The zero-order valence-corrected chi connectivity index (χ0v) is 11.8. The normalized spacial score (nSPS) is 11.5. The van der Waals surface area contributed by atoms with E-state index in [1.54, 1.807) is 12.1 Å². The summed E-state index contributed by atoms with van der Waals surface area (Å²) < 4.78 is 12.9. The van der Waals surface area contributed by atoms with Gasteiger partial charge in [-0.05, 0) is 44.0 Å². The lowest BCUT2D eigenvalue weighted by Crippen LogP contribution is -2.06. The van der Waals surface area contributed by atoms with Crippen molar-refractivity contribution in [2.24, 2.45) is 5.10 Å². The molecule has 0 aliphatic heterocycles. The molecule has 1 aromatic carbocycles. The number of rotatable bonds is 4. The topological polar surface area (TPSA) is 50.2 Å². The summed E-state index contributed by atoms with van der Waals surface area (Å²) in [6.45, 7) is 5.81. The Balaban J connectivity index is 2.21. The molecule has 0 saturated heterocycles. The molecule has 0 unspecified atom stereocenters. The van der Waals surface area contributed by atoms with Gasteiger partial charge in [0.2, 0.25) is 5.95 Å². The van der Waals surface area contributed by atoms with Crippen molar-refractivity contribution in [3.8, 4) is 0 Å². The molecular formula is C15H17FN4. The molecular weight excluding hydrogens is 255 g/mol. The molecule has 0 saturated carbocycles. The lowest BCUT2D eigenvalue weighted by atomic mass is 10.1. The molecule has 0 aliphatic rings. The Morgan fingerprint density at radius 2 is 1.75 bits per heavy atom. The zero-order valence-electron chi connectivity index (χ0n) is 11.8. The van der Waals surface area contributed by atoms with E-state index in [1.165, 1.54) is 12.1 Å². The molecule has 1 heterocycles. The molecule has 0 bridgehead atoms. The summed E-state index contributed by atoms with van der Waals surface area (Å²) >= 11 is 0. The van der Waals surface area contributed by atoms with Crippen LogP contribution in [0.2, 0.25) is 0 Å². The minimum Gasteiger partial charge on any atom is -0.245 e. The average molecular weight is 272 g/mol. The lowest BCUT2D eigenvalue weighted by molar-refractivity contribution is 0.627. The Morgan fingerprint density at radius 1 is 1.15 bits per heavy atom. The SMILES string of the molecule is CC/C(=N\Nc1nc(C)cc(C)n1)c1ccc(F)cc1. The second kappa shape index (κ2) is 6.23. The highest BCUT2D eigenvalue weighted by atomic mass is 19.1. The molecule has 0 aliphatic carbocycles. The second-order valence-corrected chi connectivity index (χ2v) is 4.51. The molecule has 0 atom stereocenters. The molecule has 5 heteroatoms. The standard InChI is InChI=1S/C15H17FN4/c1-4-14(12-5-7-13(16)8-6-12)19-20-15-17-10(2)9-11(3)18-15/h5-9H,4H2,1-3H3,(H,17,18,20)/b19-14+. The lowest BCUT2D eigenvalue weighted by Gasteiger charge is -2.06. The van der Waals surface area contributed by atoms with E-state index in [0.29, 0.717) is 5.95 Å². The quantitative estimate of drug-likeness (QED) is 0.685. The maximum atomic E-state index is 12.9. The van der Waals surface area contributed by atoms with Crippen molar-refractivity contribution in [1.82, 2.24) is 9.97 Å². The summed E-state index contributed by atoms with van der Waals surface area (Å²) in [6.07, 6.45) is 0.726. The minimum atomic E-state index is -0.255. The number of anilines is 1. The minimum absolute atomic E-state index is 0.255. The molecule has 0 radical (unpaired) electrons. The van der Waals surface area contributed by atoms with Crippen molar-refractivity contribution in [3.63, 3.8) is 0 Å². The van der Waals surface area contributed by atoms with Crippen molar-refractivity contribution in [2.75, 3.05) is 5.43 Å². The summed E-state index contributed by atoms with van der Waals surface area (Å²) in [5.41, 5.74) is 6.34. The molecule has 2 rings (SSSR count). The van der Waals surface area contributed by atoms with Gasteiger partial charge in [-0.3, -0.25) is 0 Å². The maximum absolute atomic E-state index is 12.9. The number of benzene rings is 1. The Morgan fingerprint density at radius 3 is 2.30 bits per heavy atom. The zero-order chi connectivity index (χ0) is 14.5.